The van der Waals surface area contributed by atoms with E-state index < -0.39 is 0 Å². The van der Waals surface area contributed by atoms with Gasteiger partial charge in [-0.1, -0.05) is 25.1 Å². The quantitative estimate of drug-likeness (QED) is 0.759. The highest BCUT2D eigenvalue weighted by molar-refractivity contribution is 7.20. The van der Waals surface area contributed by atoms with Crippen LogP contribution in [0.1, 0.15) is 23.0 Å². The maximum absolute atomic E-state index is 12.4. The molecule has 2 rings (SSSR count). The number of thiophene rings is 1. The summed E-state index contributed by atoms with van der Waals surface area (Å²) in [5, 5.41) is 1.13. The molecule has 0 fully saturated rings. The third kappa shape index (κ3) is 2.85. The lowest BCUT2D eigenvalue weighted by Gasteiger charge is -2.19. The maximum Gasteiger partial charge on any atom is 0.264 e. The standard InChI is InChI=1S/C14H16ClNOS/c1-2-8-16(9-7-15)14(17)13-10-11-5-3-4-6-12(11)18-13/h3-6,10H,2,7-9H2,1H3. The number of alkyl halides is 1. The predicted molar refractivity (Wildman–Crippen MR) is 78.7 cm³/mol. The molecule has 0 spiro atoms. The van der Waals surface area contributed by atoms with Gasteiger partial charge in [-0.3, -0.25) is 4.79 Å². The topological polar surface area (TPSA) is 20.3 Å². The summed E-state index contributed by atoms with van der Waals surface area (Å²) >= 11 is 7.30. The minimum Gasteiger partial charge on any atom is -0.337 e. The van der Waals surface area contributed by atoms with E-state index in [1.807, 2.05) is 35.2 Å². The molecule has 1 aromatic heterocycles. The van der Waals surface area contributed by atoms with E-state index in [9.17, 15) is 4.79 Å². The van der Waals surface area contributed by atoms with Gasteiger partial charge in [0.1, 0.15) is 0 Å². The van der Waals surface area contributed by atoms with Crippen LogP contribution in [0.25, 0.3) is 10.1 Å². The zero-order valence-electron chi connectivity index (χ0n) is 10.4. The monoisotopic (exact) mass is 281 g/mol. The van der Waals surface area contributed by atoms with Gasteiger partial charge >= 0.3 is 0 Å². The van der Waals surface area contributed by atoms with Crippen molar-refractivity contribution in [2.45, 2.75) is 13.3 Å². The molecular formula is C14H16ClNOS. The molecule has 1 heterocycles. The molecule has 0 bridgehead atoms. The Morgan fingerprint density at radius 2 is 2.11 bits per heavy atom. The number of carbonyl (C=O) groups excluding carboxylic acids is 1. The number of amides is 1. The lowest BCUT2D eigenvalue weighted by atomic mass is 10.2. The molecule has 0 saturated carbocycles. The molecule has 2 nitrogen and oxygen atoms in total. The number of fused-ring (bicyclic) bond motifs is 1. The van der Waals surface area contributed by atoms with E-state index in [1.54, 1.807) is 11.3 Å². The maximum atomic E-state index is 12.4. The Bertz CT molecular complexity index is 498. The van der Waals surface area contributed by atoms with Crippen LogP contribution in [0.3, 0.4) is 0 Å². The van der Waals surface area contributed by atoms with E-state index in [-0.39, 0.29) is 5.91 Å². The number of hydrogen-bond donors (Lipinski definition) is 0. The van der Waals surface area contributed by atoms with Crippen LogP contribution in [0.4, 0.5) is 0 Å². The Hall–Kier alpha value is -1.06. The van der Waals surface area contributed by atoms with Gasteiger partial charge in [0.25, 0.3) is 5.91 Å². The summed E-state index contributed by atoms with van der Waals surface area (Å²) in [5.41, 5.74) is 0. The van der Waals surface area contributed by atoms with Crippen LogP contribution in [0, 0.1) is 0 Å². The van der Waals surface area contributed by atoms with E-state index in [0.717, 1.165) is 27.9 Å². The van der Waals surface area contributed by atoms with Crippen molar-refractivity contribution in [1.29, 1.82) is 0 Å². The lowest BCUT2D eigenvalue weighted by Crippen LogP contribution is -2.32. The molecule has 18 heavy (non-hydrogen) atoms. The van der Waals surface area contributed by atoms with E-state index in [1.165, 1.54) is 0 Å². The SMILES string of the molecule is CCCN(CCCl)C(=O)c1cc2ccccc2s1. The van der Waals surface area contributed by atoms with E-state index in [2.05, 4.69) is 6.92 Å². The normalized spacial score (nSPS) is 10.8. The third-order valence-corrected chi connectivity index (χ3v) is 4.04. The average molecular weight is 282 g/mol. The molecule has 0 aliphatic carbocycles. The summed E-state index contributed by atoms with van der Waals surface area (Å²) in [6.07, 6.45) is 0.952. The second-order valence-electron chi connectivity index (χ2n) is 4.13. The van der Waals surface area contributed by atoms with Crippen molar-refractivity contribution in [3.8, 4) is 0 Å². The van der Waals surface area contributed by atoms with Gasteiger partial charge in [-0.15, -0.1) is 22.9 Å². The lowest BCUT2D eigenvalue weighted by molar-refractivity contribution is 0.0770. The molecule has 0 saturated heterocycles. The summed E-state index contributed by atoms with van der Waals surface area (Å²) in [6, 6.07) is 10.0. The van der Waals surface area contributed by atoms with Gasteiger partial charge in [0.15, 0.2) is 0 Å². The summed E-state index contributed by atoms with van der Waals surface area (Å²) in [7, 11) is 0. The first-order valence-electron chi connectivity index (χ1n) is 6.10. The van der Waals surface area contributed by atoms with Crippen LogP contribution in [0.2, 0.25) is 0 Å². The summed E-state index contributed by atoms with van der Waals surface area (Å²) in [4.78, 5) is 15.0. The second kappa shape index (κ2) is 6.21. The summed E-state index contributed by atoms with van der Waals surface area (Å²) in [5.74, 6) is 0.579. The van der Waals surface area contributed by atoms with Crippen LogP contribution in [-0.2, 0) is 0 Å². The van der Waals surface area contributed by atoms with Gasteiger partial charge in [-0.05, 0) is 23.9 Å². The average Bonchev–Trinajstić information content (AvgIpc) is 2.81. The third-order valence-electron chi connectivity index (χ3n) is 2.77. The molecule has 96 valence electrons. The Morgan fingerprint density at radius 1 is 1.33 bits per heavy atom. The van der Waals surface area contributed by atoms with Crippen molar-refractivity contribution in [2.24, 2.45) is 0 Å². The molecule has 0 N–H and O–H groups in total. The number of nitrogens with zero attached hydrogens (tertiary/aromatic N) is 1. The van der Waals surface area contributed by atoms with Crippen molar-refractivity contribution in [1.82, 2.24) is 4.90 Å². The number of hydrogen-bond acceptors (Lipinski definition) is 2. The largest absolute Gasteiger partial charge is 0.337 e. The number of carbonyl (C=O) groups is 1. The van der Waals surface area contributed by atoms with Crippen molar-refractivity contribution < 1.29 is 4.79 Å². The highest BCUT2D eigenvalue weighted by Gasteiger charge is 2.16. The Balaban J connectivity index is 2.25. The van der Waals surface area contributed by atoms with Gasteiger partial charge < -0.3 is 4.90 Å². The summed E-state index contributed by atoms with van der Waals surface area (Å²) < 4.78 is 1.16. The molecule has 2 aromatic rings. The first-order chi connectivity index (χ1) is 8.76. The molecule has 0 atom stereocenters. The van der Waals surface area contributed by atoms with Crippen molar-refractivity contribution in [3.05, 3.63) is 35.2 Å². The molecule has 4 heteroatoms. The first kappa shape index (κ1) is 13.4. The van der Waals surface area contributed by atoms with Crippen LogP contribution in [0.15, 0.2) is 30.3 Å². The molecule has 0 radical (unpaired) electrons. The fourth-order valence-corrected chi connectivity index (χ4v) is 3.16. The van der Waals surface area contributed by atoms with E-state index in [0.29, 0.717) is 12.4 Å². The van der Waals surface area contributed by atoms with E-state index in [4.69, 9.17) is 11.6 Å². The minimum atomic E-state index is 0.0960. The fourth-order valence-electron chi connectivity index (χ4n) is 1.93. The van der Waals surface area contributed by atoms with Gasteiger partial charge in [-0.25, -0.2) is 0 Å². The van der Waals surface area contributed by atoms with Crippen LogP contribution < -0.4 is 0 Å². The minimum absolute atomic E-state index is 0.0960. The highest BCUT2D eigenvalue weighted by Crippen LogP contribution is 2.26. The van der Waals surface area contributed by atoms with Gasteiger partial charge in [0.2, 0.25) is 0 Å². The number of benzene rings is 1. The van der Waals surface area contributed by atoms with Crippen LogP contribution in [-0.4, -0.2) is 29.8 Å². The fraction of sp³-hybridized carbons (Fsp3) is 0.357. The molecular weight excluding hydrogens is 266 g/mol. The van der Waals surface area contributed by atoms with Crippen molar-refractivity contribution in [2.75, 3.05) is 19.0 Å². The smallest absolute Gasteiger partial charge is 0.264 e. The molecule has 0 aliphatic heterocycles. The predicted octanol–water partition coefficient (Wildman–Crippen LogP) is 3.99. The van der Waals surface area contributed by atoms with E-state index >= 15 is 0 Å². The molecule has 0 aliphatic rings. The van der Waals surface area contributed by atoms with Crippen molar-refractivity contribution in [3.63, 3.8) is 0 Å². The number of rotatable bonds is 5. The van der Waals surface area contributed by atoms with Crippen LogP contribution >= 0.6 is 22.9 Å². The number of halogens is 1. The van der Waals surface area contributed by atoms with Crippen LogP contribution in [0.5, 0.6) is 0 Å². The molecule has 1 aromatic carbocycles. The first-order valence-corrected chi connectivity index (χ1v) is 7.45. The van der Waals surface area contributed by atoms with Gasteiger partial charge in [0, 0.05) is 23.7 Å². The highest BCUT2D eigenvalue weighted by atomic mass is 35.5. The van der Waals surface area contributed by atoms with Crippen molar-refractivity contribution >= 4 is 38.9 Å². The Morgan fingerprint density at radius 3 is 2.78 bits per heavy atom. The molecule has 0 unspecified atom stereocenters. The Labute approximate surface area is 116 Å². The van der Waals surface area contributed by atoms with Gasteiger partial charge in [0.05, 0.1) is 4.88 Å². The summed E-state index contributed by atoms with van der Waals surface area (Å²) in [6.45, 7) is 3.45. The second-order valence-corrected chi connectivity index (χ2v) is 5.59. The Kier molecular flexibility index (Phi) is 4.61. The van der Waals surface area contributed by atoms with Gasteiger partial charge in [-0.2, -0.15) is 0 Å². The zero-order valence-corrected chi connectivity index (χ0v) is 11.9. The molecule has 1 amide bonds. The zero-order chi connectivity index (χ0) is 13.0.